The Balaban J connectivity index is 2.47. The van der Waals surface area contributed by atoms with Crippen LogP contribution in [0.25, 0.3) is 0 Å². The fourth-order valence-corrected chi connectivity index (χ4v) is 1.15. The van der Waals surface area contributed by atoms with Crippen LogP contribution in [-0.4, -0.2) is 12.1 Å². The molecule has 1 aliphatic heterocycles. The molecule has 0 radical (unpaired) electrons. The van der Waals surface area contributed by atoms with Crippen molar-refractivity contribution in [2.24, 2.45) is 5.92 Å². The zero-order valence-electron chi connectivity index (χ0n) is 7.54. The van der Waals surface area contributed by atoms with Gasteiger partial charge in [-0.05, 0) is 13.0 Å². The summed E-state index contributed by atoms with van der Waals surface area (Å²) >= 11 is 0. The highest BCUT2D eigenvalue weighted by atomic mass is 16.5. The number of carbonyl (C=O) groups excluding carboxylic acids is 1. The van der Waals surface area contributed by atoms with E-state index in [1.54, 1.807) is 0 Å². The van der Waals surface area contributed by atoms with Crippen LogP contribution in [0.5, 0.6) is 0 Å². The third-order valence-corrected chi connectivity index (χ3v) is 1.85. The fraction of sp³-hybridized carbons (Fsp3) is 0.500. The fourth-order valence-electron chi connectivity index (χ4n) is 1.15. The van der Waals surface area contributed by atoms with Crippen molar-refractivity contribution in [2.75, 3.05) is 0 Å². The summed E-state index contributed by atoms with van der Waals surface area (Å²) in [6, 6.07) is 0. The summed E-state index contributed by atoms with van der Waals surface area (Å²) in [5.74, 6) is -0.0452. The van der Waals surface area contributed by atoms with E-state index in [4.69, 9.17) is 4.74 Å². The third kappa shape index (κ3) is 2.22. The Morgan fingerprint density at radius 2 is 2.42 bits per heavy atom. The highest BCUT2D eigenvalue weighted by Gasteiger charge is 2.28. The molecule has 2 heteroatoms. The molecular weight excluding hydrogens is 152 g/mol. The minimum absolute atomic E-state index is 0.0378. The van der Waals surface area contributed by atoms with Crippen LogP contribution in [0.2, 0.25) is 0 Å². The highest BCUT2D eigenvalue weighted by molar-refractivity contribution is 5.74. The van der Waals surface area contributed by atoms with Crippen molar-refractivity contribution in [3.8, 4) is 0 Å². The maximum absolute atomic E-state index is 11.0. The molecule has 2 nitrogen and oxygen atoms in total. The van der Waals surface area contributed by atoms with E-state index >= 15 is 0 Å². The summed E-state index contributed by atoms with van der Waals surface area (Å²) in [7, 11) is 0. The smallest absolute Gasteiger partial charge is 0.309 e. The number of allylic oxidation sites excluding steroid dienone is 2. The van der Waals surface area contributed by atoms with E-state index in [2.05, 4.69) is 6.58 Å². The Bertz CT molecular complexity index is 228. The van der Waals surface area contributed by atoms with Crippen molar-refractivity contribution < 1.29 is 9.53 Å². The summed E-state index contributed by atoms with van der Waals surface area (Å²) < 4.78 is 5.06. The second-order valence-corrected chi connectivity index (χ2v) is 3.32. The zero-order valence-corrected chi connectivity index (χ0v) is 7.54. The minimum Gasteiger partial charge on any atom is -0.458 e. The molecule has 1 rings (SSSR count). The molecule has 0 amide bonds. The number of carbonyl (C=O) groups is 1. The predicted molar refractivity (Wildman–Crippen MR) is 47.6 cm³/mol. The van der Waals surface area contributed by atoms with Crippen LogP contribution < -0.4 is 0 Å². The van der Waals surface area contributed by atoms with Gasteiger partial charge in [0.1, 0.15) is 6.10 Å². The standard InChI is InChI=1S/C10H14O2/c1-7(2)4-5-9-6-8(3)10(11)12-9/h4-5,8-9H,1,6H2,2-3H3/b5-4+/t8-,9+/m1/s1. The first kappa shape index (κ1) is 9.04. The number of ether oxygens (including phenoxy) is 1. The van der Waals surface area contributed by atoms with Gasteiger partial charge in [-0.15, -0.1) is 0 Å². The molecular formula is C10H14O2. The molecule has 1 saturated heterocycles. The Morgan fingerprint density at radius 3 is 2.83 bits per heavy atom. The van der Waals surface area contributed by atoms with Gasteiger partial charge in [0.05, 0.1) is 5.92 Å². The summed E-state index contributed by atoms with van der Waals surface area (Å²) in [5, 5.41) is 0. The molecule has 0 aromatic rings. The summed E-state index contributed by atoms with van der Waals surface area (Å²) in [4.78, 5) is 11.0. The first-order valence-corrected chi connectivity index (χ1v) is 4.14. The number of hydrogen-bond acceptors (Lipinski definition) is 2. The average molecular weight is 166 g/mol. The maximum atomic E-state index is 11.0. The van der Waals surface area contributed by atoms with Crippen molar-refractivity contribution in [1.29, 1.82) is 0 Å². The van der Waals surface area contributed by atoms with E-state index in [9.17, 15) is 4.79 Å². The van der Waals surface area contributed by atoms with E-state index in [0.717, 1.165) is 12.0 Å². The number of hydrogen-bond donors (Lipinski definition) is 0. The lowest BCUT2D eigenvalue weighted by Crippen LogP contribution is -2.03. The Labute approximate surface area is 72.9 Å². The van der Waals surface area contributed by atoms with E-state index < -0.39 is 0 Å². The summed E-state index contributed by atoms with van der Waals surface area (Å²) in [6.45, 7) is 7.53. The molecule has 0 aromatic carbocycles. The van der Waals surface area contributed by atoms with Gasteiger partial charge in [-0.1, -0.05) is 25.2 Å². The van der Waals surface area contributed by atoms with Gasteiger partial charge in [0.15, 0.2) is 0 Å². The van der Waals surface area contributed by atoms with Crippen LogP contribution >= 0.6 is 0 Å². The molecule has 0 saturated carbocycles. The lowest BCUT2D eigenvalue weighted by Gasteiger charge is -2.00. The quantitative estimate of drug-likeness (QED) is 0.463. The molecule has 1 aliphatic rings. The molecule has 2 atom stereocenters. The number of esters is 1. The largest absolute Gasteiger partial charge is 0.458 e. The van der Waals surface area contributed by atoms with Gasteiger partial charge < -0.3 is 4.74 Å². The molecule has 0 aromatic heterocycles. The van der Waals surface area contributed by atoms with Crippen molar-refractivity contribution in [3.63, 3.8) is 0 Å². The monoisotopic (exact) mass is 166 g/mol. The van der Waals surface area contributed by atoms with Gasteiger partial charge in [-0.3, -0.25) is 4.79 Å². The molecule has 1 fully saturated rings. The summed E-state index contributed by atoms with van der Waals surface area (Å²) in [6.07, 6.45) is 4.53. The molecule has 0 spiro atoms. The highest BCUT2D eigenvalue weighted by Crippen LogP contribution is 2.21. The van der Waals surface area contributed by atoms with Gasteiger partial charge in [0, 0.05) is 6.42 Å². The van der Waals surface area contributed by atoms with Gasteiger partial charge in [-0.25, -0.2) is 0 Å². The van der Waals surface area contributed by atoms with Crippen LogP contribution in [0.1, 0.15) is 20.3 Å². The first-order chi connectivity index (χ1) is 5.59. The van der Waals surface area contributed by atoms with Crippen LogP contribution in [-0.2, 0) is 9.53 Å². The van der Waals surface area contributed by atoms with E-state index in [-0.39, 0.29) is 18.0 Å². The van der Waals surface area contributed by atoms with E-state index in [1.165, 1.54) is 0 Å². The first-order valence-electron chi connectivity index (χ1n) is 4.14. The molecule has 66 valence electrons. The lowest BCUT2D eigenvalue weighted by molar-refractivity contribution is -0.142. The Kier molecular flexibility index (Phi) is 2.69. The van der Waals surface area contributed by atoms with E-state index in [0.29, 0.717) is 0 Å². The van der Waals surface area contributed by atoms with Crippen LogP contribution in [0.4, 0.5) is 0 Å². The maximum Gasteiger partial charge on any atom is 0.309 e. The number of cyclic esters (lactones) is 1. The van der Waals surface area contributed by atoms with Crippen molar-refractivity contribution >= 4 is 5.97 Å². The van der Waals surface area contributed by atoms with E-state index in [1.807, 2.05) is 26.0 Å². The van der Waals surface area contributed by atoms with Crippen molar-refractivity contribution in [2.45, 2.75) is 26.4 Å². The Hall–Kier alpha value is -1.05. The predicted octanol–water partition coefficient (Wildman–Crippen LogP) is 2.07. The van der Waals surface area contributed by atoms with Gasteiger partial charge in [0.2, 0.25) is 0 Å². The second-order valence-electron chi connectivity index (χ2n) is 3.32. The second kappa shape index (κ2) is 3.57. The minimum atomic E-state index is -0.0913. The Morgan fingerprint density at radius 1 is 1.75 bits per heavy atom. The van der Waals surface area contributed by atoms with Gasteiger partial charge in [0.25, 0.3) is 0 Å². The van der Waals surface area contributed by atoms with Crippen molar-refractivity contribution in [1.82, 2.24) is 0 Å². The van der Waals surface area contributed by atoms with Gasteiger partial charge in [-0.2, -0.15) is 0 Å². The molecule has 0 unspecified atom stereocenters. The SMILES string of the molecule is C=C(C)/C=C/[C@H]1C[C@@H](C)C(=O)O1. The molecule has 12 heavy (non-hydrogen) atoms. The van der Waals surface area contributed by atoms with Crippen molar-refractivity contribution in [3.05, 3.63) is 24.3 Å². The molecule has 0 N–H and O–H groups in total. The van der Waals surface area contributed by atoms with Crippen LogP contribution in [0.3, 0.4) is 0 Å². The molecule has 1 heterocycles. The summed E-state index contributed by atoms with van der Waals surface area (Å²) in [5.41, 5.74) is 0.977. The third-order valence-electron chi connectivity index (χ3n) is 1.85. The zero-order chi connectivity index (χ0) is 9.14. The molecule has 0 aliphatic carbocycles. The normalized spacial score (nSPS) is 29.3. The molecule has 0 bridgehead atoms. The van der Waals surface area contributed by atoms with Crippen LogP contribution in [0.15, 0.2) is 24.3 Å². The number of rotatable bonds is 2. The van der Waals surface area contributed by atoms with Gasteiger partial charge >= 0.3 is 5.97 Å². The van der Waals surface area contributed by atoms with Crippen LogP contribution in [0, 0.1) is 5.92 Å². The average Bonchev–Trinajstić information content (AvgIpc) is 2.28. The lowest BCUT2D eigenvalue weighted by atomic mass is 10.1. The topological polar surface area (TPSA) is 26.3 Å².